The fourth-order valence-corrected chi connectivity index (χ4v) is 1.56. The van der Waals surface area contributed by atoms with Crippen molar-refractivity contribution in [3.05, 3.63) is 53.7 Å². The molecule has 0 saturated heterocycles. The van der Waals surface area contributed by atoms with Crippen molar-refractivity contribution >= 4 is 11.6 Å². The van der Waals surface area contributed by atoms with Gasteiger partial charge in [0.25, 0.3) is 0 Å². The molecule has 0 radical (unpaired) electrons. The van der Waals surface area contributed by atoms with Crippen LogP contribution >= 0.6 is 0 Å². The molecule has 96 valence electrons. The number of hydrogen-bond acceptors (Lipinski definition) is 4. The van der Waals surface area contributed by atoms with E-state index >= 15 is 0 Å². The third-order valence-electron chi connectivity index (χ3n) is 2.62. The predicted molar refractivity (Wildman–Crippen MR) is 70.8 cm³/mol. The first kappa shape index (κ1) is 13.0. The van der Waals surface area contributed by atoms with Crippen molar-refractivity contribution in [2.45, 2.75) is 13.8 Å². The molecule has 0 atom stereocenters. The lowest BCUT2D eigenvalue weighted by Gasteiger charge is -2.05. The SMILES string of the molecule is CC(=O)c1ccc(Oc2cc(C(C)=O)ccn2)cc1. The van der Waals surface area contributed by atoms with Gasteiger partial charge in [0.1, 0.15) is 5.75 Å². The van der Waals surface area contributed by atoms with Crippen LogP contribution in [0.2, 0.25) is 0 Å². The van der Waals surface area contributed by atoms with Crippen LogP contribution < -0.4 is 4.74 Å². The highest BCUT2D eigenvalue weighted by molar-refractivity contribution is 5.94. The summed E-state index contributed by atoms with van der Waals surface area (Å²) in [7, 11) is 0. The first-order chi connectivity index (χ1) is 9.06. The third-order valence-corrected chi connectivity index (χ3v) is 2.62. The minimum Gasteiger partial charge on any atom is -0.439 e. The lowest BCUT2D eigenvalue weighted by Crippen LogP contribution is -1.95. The Morgan fingerprint density at radius 1 is 0.947 bits per heavy atom. The van der Waals surface area contributed by atoms with Gasteiger partial charge in [-0.3, -0.25) is 9.59 Å². The summed E-state index contributed by atoms with van der Waals surface area (Å²) in [6, 6.07) is 9.98. The molecule has 4 nitrogen and oxygen atoms in total. The Labute approximate surface area is 111 Å². The van der Waals surface area contributed by atoms with Crippen molar-refractivity contribution < 1.29 is 14.3 Å². The van der Waals surface area contributed by atoms with Gasteiger partial charge in [-0.2, -0.15) is 0 Å². The van der Waals surface area contributed by atoms with Gasteiger partial charge in [-0.1, -0.05) is 0 Å². The molecule has 0 unspecified atom stereocenters. The zero-order valence-corrected chi connectivity index (χ0v) is 10.7. The maximum absolute atomic E-state index is 11.2. The van der Waals surface area contributed by atoms with Crippen molar-refractivity contribution in [3.63, 3.8) is 0 Å². The molecular formula is C15H13NO3. The van der Waals surface area contributed by atoms with E-state index in [1.807, 2.05) is 0 Å². The average molecular weight is 255 g/mol. The first-order valence-corrected chi connectivity index (χ1v) is 5.82. The van der Waals surface area contributed by atoms with E-state index in [2.05, 4.69) is 4.98 Å². The molecule has 0 spiro atoms. The molecule has 2 rings (SSSR count). The van der Waals surface area contributed by atoms with Gasteiger partial charge in [0.2, 0.25) is 5.88 Å². The van der Waals surface area contributed by atoms with Gasteiger partial charge >= 0.3 is 0 Å². The number of carbonyl (C=O) groups is 2. The molecular weight excluding hydrogens is 242 g/mol. The maximum Gasteiger partial charge on any atom is 0.219 e. The van der Waals surface area contributed by atoms with Gasteiger partial charge in [0, 0.05) is 23.4 Å². The summed E-state index contributed by atoms with van der Waals surface area (Å²) in [5, 5.41) is 0. The van der Waals surface area contributed by atoms with Gasteiger partial charge in [-0.05, 0) is 44.2 Å². The van der Waals surface area contributed by atoms with E-state index in [0.29, 0.717) is 22.8 Å². The Hall–Kier alpha value is -2.49. The summed E-state index contributed by atoms with van der Waals surface area (Å²) in [4.78, 5) is 26.4. The summed E-state index contributed by atoms with van der Waals surface area (Å²) in [6.07, 6.45) is 1.52. The van der Waals surface area contributed by atoms with E-state index in [1.54, 1.807) is 36.4 Å². The van der Waals surface area contributed by atoms with E-state index in [9.17, 15) is 9.59 Å². The highest BCUT2D eigenvalue weighted by atomic mass is 16.5. The Morgan fingerprint density at radius 3 is 2.16 bits per heavy atom. The standard InChI is InChI=1S/C15H13NO3/c1-10(17)12-3-5-14(6-4-12)19-15-9-13(11(2)18)7-8-16-15/h3-9H,1-2H3. The number of carbonyl (C=O) groups excluding carboxylic acids is 2. The van der Waals surface area contributed by atoms with E-state index in [1.165, 1.54) is 20.0 Å². The van der Waals surface area contributed by atoms with Crippen LogP contribution in [0.15, 0.2) is 42.6 Å². The molecule has 1 aromatic heterocycles. The van der Waals surface area contributed by atoms with E-state index < -0.39 is 0 Å². The molecule has 19 heavy (non-hydrogen) atoms. The van der Waals surface area contributed by atoms with Crippen molar-refractivity contribution in [2.75, 3.05) is 0 Å². The van der Waals surface area contributed by atoms with Gasteiger partial charge in [-0.25, -0.2) is 4.98 Å². The Balaban J connectivity index is 2.19. The van der Waals surface area contributed by atoms with Crippen LogP contribution in [0.5, 0.6) is 11.6 Å². The number of rotatable bonds is 4. The summed E-state index contributed by atoms with van der Waals surface area (Å²) in [5.74, 6) is 0.879. The number of pyridine rings is 1. The van der Waals surface area contributed by atoms with E-state index in [-0.39, 0.29) is 11.6 Å². The summed E-state index contributed by atoms with van der Waals surface area (Å²) in [5.41, 5.74) is 1.17. The smallest absolute Gasteiger partial charge is 0.219 e. The molecule has 0 bridgehead atoms. The monoisotopic (exact) mass is 255 g/mol. The van der Waals surface area contributed by atoms with Gasteiger partial charge in [0.15, 0.2) is 11.6 Å². The molecule has 0 fully saturated rings. The Bertz CT molecular complexity index is 618. The molecule has 0 saturated carbocycles. The summed E-state index contributed by atoms with van der Waals surface area (Å²) < 4.78 is 5.53. The van der Waals surface area contributed by atoms with Crippen LogP contribution in [0.25, 0.3) is 0 Å². The van der Waals surface area contributed by atoms with Crippen molar-refractivity contribution in [1.29, 1.82) is 0 Å². The fraction of sp³-hybridized carbons (Fsp3) is 0.133. The molecule has 1 heterocycles. The second-order valence-corrected chi connectivity index (χ2v) is 4.12. The zero-order valence-electron chi connectivity index (χ0n) is 10.7. The number of nitrogens with zero attached hydrogens (tertiary/aromatic N) is 1. The fourth-order valence-electron chi connectivity index (χ4n) is 1.56. The van der Waals surface area contributed by atoms with Crippen LogP contribution in [-0.2, 0) is 0 Å². The second-order valence-electron chi connectivity index (χ2n) is 4.12. The van der Waals surface area contributed by atoms with Crippen LogP contribution in [0.4, 0.5) is 0 Å². The highest BCUT2D eigenvalue weighted by Crippen LogP contribution is 2.20. The number of Topliss-reactive ketones (excluding diaryl/α,β-unsaturated/α-hetero) is 2. The predicted octanol–water partition coefficient (Wildman–Crippen LogP) is 3.28. The van der Waals surface area contributed by atoms with Crippen molar-refractivity contribution in [2.24, 2.45) is 0 Å². The van der Waals surface area contributed by atoms with Crippen LogP contribution in [0, 0.1) is 0 Å². The van der Waals surface area contributed by atoms with Crippen LogP contribution in [0.3, 0.4) is 0 Å². The first-order valence-electron chi connectivity index (χ1n) is 5.82. The number of aromatic nitrogens is 1. The molecule has 1 aromatic carbocycles. The zero-order chi connectivity index (χ0) is 13.8. The number of benzene rings is 1. The Morgan fingerprint density at radius 2 is 1.58 bits per heavy atom. The topological polar surface area (TPSA) is 56.3 Å². The molecule has 2 aromatic rings. The average Bonchev–Trinajstić information content (AvgIpc) is 2.39. The third kappa shape index (κ3) is 3.25. The molecule has 0 amide bonds. The summed E-state index contributed by atoms with van der Waals surface area (Å²) >= 11 is 0. The van der Waals surface area contributed by atoms with Crippen molar-refractivity contribution in [1.82, 2.24) is 4.98 Å². The van der Waals surface area contributed by atoms with Crippen molar-refractivity contribution in [3.8, 4) is 11.6 Å². The highest BCUT2D eigenvalue weighted by Gasteiger charge is 2.04. The van der Waals surface area contributed by atoms with Crippen LogP contribution in [-0.4, -0.2) is 16.6 Å². The molecule has 0 aliphatic rings. The molecule has 0 aliphatic heterocycles. The molecule has 0 N–H and O–H groups in total. The van der Waals surface area contributed by atoms with Gasteiger partial charge in [0.05, 0.1) is 0 Å². The molecule has 4 heteroatoms. The second kappa shape index (κ2) is 5.44. The maximum atomic E-state index is 11.2. The molecule has 0 aliphatic carbocycles. The lowest BCUT2D eigenvalue weighted by atomic mass is 10.1. The van der Waals surface area contributed by atoms with E-state index in [0.717, 1.165) is 0 Å². The quantitative estimate of drug-likeness (QED) is 0.787. The van der Waals surface area contributed by atoms with Gasteiger partial charge in [-0.15, -0.1) is 0 Å². The largest absolute Gasteiger partial charge is 0.439 e. The summed E-state index contributed by atoms with van der Waals surface area (Å²) in [6.45, 7) is 2.99. The van der Waals surface area contributed by atoms with Crippen LogP contribution in [0.1, 0.15) is 34.6 Å². The Kier molecular flexibility index (Phi) is 3.71. The number of ether oxygens (including phenoxy) is 1. The van der Waals surface area contributed by atoms with Gasteiger partial charge < -0.3 is 4.74 Å². The lowest BCUT2D eigenvalue weighted by molar-refractivity contribution is 0.100. The minimum absolute atomic E-state index is 0.00301. The normalized spacial score (nSPS) is 10.0. The number of hydrogen-bond donors (Lipinski definition) is 0. The number of ketones is 2. The minimum atomic E-state index is -0.0424. The van der Waals surface area contributed by atoms with E-state index in [4.69, 9.17) is 4.74 Å².